The van der Waals surface area contributed by atoms with E-state index in [1.807, 2.05) is 0 Å². The number of rotatable bonds is 4. The van der Waals surface area contributed by atoms with E-state index in [1.165, 1.54) is 6.42 Å². The molecule has 3 rings (SSSR count). The monoisotopic (exact) mass is 261 g/mol. The molecule has 0 amide bonds. The Morgan fingerprint density at radius 3 is 2.69 bits per heavy atom. The summed E-state index contributed by atoms with van der Waals surface area (Å²) in [4.78, 5) is 12.0. The second kappa shape index (κ2) is 3.60. The molecule has 2 nitrogen and oxygen atoms in total. The van der Waals surface area contributed by atoms with E-state index in [0.717, 1.165) is 18.8 Å². The van der Waals surface area contributed by atoms with Gasteiger partial charge in [0.1, 0.15) is 10.1 Å². The average molecular weight is 262 g/mol. The molecule has 1 heterocycles. The highest BCUT2D eigenvalue weighted by Gasteiger charge is 2.55. The molecule has 1 N–H and O–H groups in total. The van der Waals surface area contributed by atoms with Crippen LogP contribution >= 0.6 is 23.2 Å². The first-order valence-electron chi connectivity index (χ1n) is 6.14. The molecule has 90 valence electrons. The summed E-state index contributed by atoms with van der Waals surface area (Å²) in [7, 11) is 0. The molecular weight excluding hydrogens is 245 g/mol. The summed E-state index contributed by atoms with van der Waals surface area (Å²) in [6, 6.07) is 0.760. The van der Waals surface area contributed by atoms with Crippen LogP contribution in [0.5, 0.6) is 0 Å². The molecule has 5 atom stereocenters. The minimum absolute atomic E-state index is 0.116. The van der Waals surface area contributed by atoms with Crippen LogP contribution in [-0.4, -0.2) is 22.2 Å². The number of alkyl halides is 2. The maximum Gasteiger partial charge on any atom is 0.150 e. The SMILES string of the molecule is C[C@@H](CC(=O)[C@@H]1C[C@H]2C[C@H]2N1)[C@H]1CC1(Cl)Cl. The molecule has 3 aliphatic rings. The molecule has 0 radical (unpaired) electrons. The van der Waals surface area contributed by atoms with Crippen LogP contribution in [0, 0.1) is 17.8 Å². The number of hydrogen-bond donors (Lipinski definition) is 1. The molecule has 0 spiro atoms. The van der Waals surface area contributed by atoms with Crippen LogP contribution in [0.2, 0.25) is 0 Å². The van der Waals surface area contributed by atoms with Crippen molar-refractivity contribution in [3.63, 3.8) is 0 Å². The number of carbonyl (C=O) groups is 1. The summed E-state index contributed by atoms with van der Waals surface area (Å²) < 4.78 is -0.551. The predicted octanol–water partition coefficient (Wildman–Crippen LogP) is 2.53. The quantitative estimate of drug-likeness (QED) is 0.789. The second-order valence-corrected chi connectivity index (χ2v) is 7.32. The van der Waals surface area contributed by atoms with Gasteiger partial charge in [0.05, 0.1) is 6.04 Å². The van der Waals surface area contributed by atoms with Crippen LogP contribution in [0.4, 0.5) is 0 Å². The van der Waals surface area contributed by atoms with Crippen LogP contribution in [-0.2, 0) is 4.79 Å². The van der Waals surface area contributed by atoms with Gasteiger partial charge >= 0.3 is 0 Å². The standard InChI is InChI=1S/C12H17Cl2NO/c1-6(8-5-12(8,13)14)2-11(16)10-4-7-3-9(7)15-10/h6-10,15H,2-5H2,1H3/t6-,7+,8+,9+,10-/m0/s1. The Morgan fingerprint density at radius 2 is 2.19 bits per heavy atom. The zero-order valence-electron chi connectivity index (χ0n) is 9.38. The van der Waals surface area contributed by atoms with Crippen LogP contribution in [0.3, 0.4) is 0 Å². The molecule has 1 aliphatic heterocycles. The molecule has 16 heavy (non-hydrogen) atoms. The zero-order valence-corrected chi connectivity index (χ0v) is 10.9. The summed E-state index contributed by atoms with van der Waals surface area (Å²) in [5.74, 6) is 1.78. The van der Waals surface area contributed by atoms with Gasteiger partial charge in [-0.2, -0.15) is 0 Å². The van der Waals surface area contributed by atoms with Crippen LogP contribution < -0.4 is 5.32 Å². The molecule has 0 aromatic carbocycles. The van der Waals surface area contributed by atoms with Crippen molar-refractivity contribution in [1.29, 1.82) is 0 Å². The lowest BCUT2D eigenvalue weighted by Crippen LogP contribution is -2.34. The molecule has 1 saturated heterocycles. The number of halogens is 2. The average Bonchev–Trinajstić information content (AvgIpc) is 3.04. The van der Waals surface area contributed by atoms with E-state index in [-0.39, 0.29) is 6.04 Å². The largest absolute Gasteiger partial charge is 0.304 e. The van der Waals surface area contributed by atoms with Crippen molar-refractivity contribution in [2.75, 3.05) is 0 Å². The van der Waals surface area contributed by atoms with E-state index >= 15 is 0 Å². The molecule has 0 aromatic heterocycles. The van der Waals surface area contributed by atoms with Gasteiger partial charge < -0.3 is 5.32 Å². The van der Waals surface area contributed by atoms with Gasteiger partial charge in [0, 0.05) is 12.5 Å². The maximum atomic E-state index is 12.0. The van der Waals surface area contributed by atoms with Gasteiger partial charge in [0.25, 0.3) is 0 Å². The maximum absolute atomic E-state index is 12.0. The van der Waals surface area contributed by atoms with Crippen molar-refractivity contribution in [3.8, 4) is 0 Å². The smallest absolute Gasteiger partial charge is 0.150 e. The summed E-state index contributed by atoms with van der Waals surface area (Å²) >= 11 is 12.0. The lowest BCUT2D eigenvalue weighted by molar-refractivity contribution is -0.121. The Labute approximate surface area is 106 Å². The molecule has 2 saturated carbocycles. The van der Waals surface area contributed by atoms with Crippen molar-refractivity contribution in [2.45, 2.75) is 49.0 Å². The number of fused-ring (bicyclic) bond motifs is 1. The highest BCUT2D eigenvalue weighted by Crippen LogP contribution is 2.57. The first kappa shape index (κ1) is 11.3. The van der Waals surface area contributed by atoms with E-state index in [4.69, 9.17) is 23.2 Å². The third-order valence-electron chi connectivity index (χ3n) is 4.35. The van der Waals surface area contributed by atoms with Gasteiger partial charge in [0.2, 0.25) is 0 Å². The number of ketones is 1. The molecule has 3 fully saturated rings. The Balaban J connectivity index is 1.49. The lowest BCUT2D eigenvalue weighted by Gasteiger charge is -2.16. The third kappa shape index (κ3) is 2.00. The summed E-state index contributed by atoms with van der Waals surface area (Å²) in [5.41, 5.74) is 0. The van der Waals surface area contributed by atoms with Crippen LogP contribution in [0.25, 0.3) is 0 Å². The number of nitrogens with one attached hydrogen (secondary N) is 1. The first-order valence-corrected chi connectivity index (χ1v) is 6.89. The van der Waals surface area contributed by atoms with Crippen LogP contribution in [0.1, 0.15) is 32.6 Å². The minimum atomic E-state index is -0.551. The van der Waals surface area contributed by atoms with E-state index in [9.17, 15) is 4.79 Å². The van der Waals surface area contributed by atoms with Crippen molar-refractivity contribution in [1.82, 2.24) is 5.32 Å². The third-order valence-corrected chi connectivity index (χ3v) is 5.22. The lowest BCUT2D eigenvalue weighted by atomic mass is 9.95. The van der Waals surface area contributed by atoms with E-state index < -0.39 is 4.33 Å². The van der Waals surface area contributed by atoms with E-state index in [1.54, 1.807) is 0 Å². The Hall–Kier alpha value is 0.210. The normalized spacial score (nSPS) is 44.9. The van der Waals surface area contributed by atoms with Crippen molar-refractivity contribution in [2.24, 2.45) is 17.8 Å². The van der Waals surface area contributed by atoms with Gasteiger partial charge in [-0.15, -0.1) is 23.2 Å². The van der Waals surface area contributed by atoms with Crippen molar-refractivity contribution < 1.29 is 4.79 Å². The van der Waals surface area contributed by atoms with Gasteiger partial charge in [-0.25, -0.2) is 0 Å². The number of carbonyl (C=O) groups excluding carboxylic acids is 1. The van der Waals surface area contributed by atoms with Gasteiger partial charge in [0.15, 0.2) is 0 Å². The first-order chi connectivity index (χ1) is 7.47. The molecule has 2 aliphatic carbocycles. The molecule has 0 unspecified atom stereocenters. The van der Waals surface area contributed by atoms with E-state index in [0.29, 0.717) is 30.1 Å². The van der Waals surface area contributed by atoms with Crippen molar-refractivity contribution in [3.05, 3.63) is 0 Å². The fraction of sp³-hybridized carbons (Fsp3) is 0.917. The van der Waals surface area contributed by atoms with Crippen LogP contribution in [0.15, 0.2) is 0 Å². The van der Waals surface area contributed by atoms with Crippen molar-refractivity contribution >= 4 is 29.0 Å². The molecule has 0 bridgehead atoms. The number of Topliss-reactive ketones (excluding diaryl/α,β-unsaturated/α-hetero) is 1. The summed E-state index contributed by atoms with van der Waals surface area (Å²) in [6.07, 6.45) is 3.79. The van der Waals surface area contributed by atoms with Gasteiger partial charge in [-0.3, -0.25) is 4.79 Å². The fourth-order valence-corrected chi connectivity index (χ4v) is 3.78. The van der Waals surface area contributed by atoms with Gasteiger partial charge in [-0.1, -0.05) is 6.92 Å². The highest BCUT2D eigenvalue weighted by molar-refractivity contribution is 6.50. The second-order valence-electron chi connectivity index (χ2n) is 5.78. The number of piperidine rings is 1. The number of hydrogen-bond acceptors (Lipinski definition) is 2. The Bertz CT molecular complexity index is 321. The summed E-state index contributed by atoms with van der Waals surface area (Å²) in [6.45, 7) is 2.09. The Morgan fingerprint density at radius 1 is 1.50 bits per heavy atom. The molecule has 4 heteroatoms. The Kier molecular flexibility index (Phi) is 2.54. The molecule has 0 aromatic rings. The molecular formula is C12H17Cl2NO. The zero-order chi connectivity index (χ0) is 11.5. The topological polar surface area (TPSA) is 29.1 Å². The fourth-order valence-electron chi connectivity index (χ4n) is 3.02. The van der Waals surface area contributed by atoms with E-state index in [2.05, 4.69) is 12.2 Å². The highest BCUT2D eigenvalue weighted by atomic mass is 35.5. The predicted molar refractivity (Wildman–Crippen MR) is 64.8 cm³/mol. The van der Waals surface area contributed by atoms with Gasteiger partial charge in [-0.05, 0) is 37.0 Å². The summed E-state index contributed by atoms with van der Waals surface area (Å²) in [5, 5.41) is 3.40. The minimum Gasteiger partial charge on any atom is -0.304 e.